The lowest BCUT2D eigenvalue weighted by atomic mass is 10.3. The maximum Gasteiger partial charge on any atom is 0.270 e. The number of nitrogen functional groups attached to an aromatic ring is 1. The molecule has 2 heterocycles. The number of amides is 1. The minimum Gasteiger partial charge on any atom is -0.397 e. The Bertz CT molecular complexity index is 524. The van der Waals surface area contributed by atoms with Gasteiger partial charge in [-0.3, -0.25) is 4.79 Å². The average molecular weight is 312 g/mol. The number of hydrogen-bond donors (Lipinski definition) is 2. The van der Waals surface area contributed by atoms with Crippen LogP contribution >= 0.6 is 27.3 Å². The molecule has 0 saturated carbocycles. The molecule has 17 heavy (non-hydrogen) atoms. The second kappa shape index (κ2) is 5.29. The average Bonchev–Trinajstić information content (AvgIpc) is 2.73. The molecule has 4 nitrogen and oxygen atoms in total. The van der Waals surface area contributed by atoms with Gasteiger partial charge in [0.25, 0.3) is 5.91 Å². The third-order valence-electron chi connectivity index (χ3n) is 2.12. The number of carbonyl (C=O) groups excluding carboxylic acids is 1. The van der Waals surface area contributed by atoms with Gasteiger partial charge in [-0.25, -0.2) is 4.98 Å². The van der Waals surface area contributed by atoms with Crippen molar-refractivity contribution in [3.63, 3.8) is 0 Å². The summed E-state index contributed by atoms with van der Waals surface area (Å²) < 4.78 is 1.01. The van der Waals surface area contributed by atoms with Gasteiger partial charge in [-0.2, -0.15) is 0 Å². The molecule has 6 heteroatoms. The van der Waals surface area contributed by atoms with Gasteiger partial charge in [0.15, 0.2) is 0 Å². The first-order valence-electron chi connectivity index (χ1n) is 4.88. The summed E-state index contributed by atoms with van der Waals surface area (Å²) in [6.07, 6.45) is 1.47. The fourth-order valence-corrected chi connectivity index (χ4v) is 2.67. The second-order valence-corrected chi connectivity index (χ2v) is 5.21. The lowest BCUT2D eigenvalue weighted by Crippen LogP contribution is -2.23. The summed E-state index contributed by atoms with van der Waals surface area (Å²) in [4.78, 5) is 16.8. The zero-order chi connectivity index (χ0) is 12.3. The summed E-state index contributed by atoms with van der Waals surface area (Å²) in [7, 11) is 0. The summed E-state index contributed by atoms with van der Waals surface area (Å²) in [6.45, 7) is 0.489. The fraction of sp³-hybridized carbons (Fsp3) is 0.0909. The zero-order valence-electron chi connectivity index (χ0n) is 8.81. The van der Waals surface area contributed by atoms with Crippen molar-refractivity contribution in [2.75, 3.05) is 5.73 Å². The van der Waals surface area contributed by atoms with Crippen LogP contribution in [0.25, 0.3) is 0 Å². The number of carbonyl (C=O) groups is 1. The van der Waals surface area contributed by atoms with Gasteiger partial charge in [-0.15, -0.1) is 11.3 Å². The lowest BCUT2D eigenvalue weighted by Gasteiger charge is -2.03. The van der Waals surface area contributed by atoms with Gasteiger partial charge in [0.05, 0.1) is 18.4 Å². The van der Waals surface area contributed by atoms with Gasteiger partial charge in [0.1, 0.15) is 5.69 Å². The van der Waals surface area contributed by atoms with Gasteiger partial charge in [0.2, 0.25) is 0 Å². The number of hydrogen-bond acceptors (Lipinski definition) is 4. The molecule has 0 aliphatic rings. The second-order valence-electron chi connectivity index (χ2n) is 3.35. The molecule has 2 aromatic rings. The molecule has 88 valence electrons. The van der Waals surface area contributed by atoms with E-state index in [9.17, 15) is 4.79 Å². The summed E-state index contributed by atoms with van der Waals surface area (Å²) in [5, 5.41) is 4.77. The van der Waals surface area contributed by atoms with Crippen LogP contribution in [0.15, 0.2) is 34.2 Å². The number of nitrogens with one attached hydrogen (secondary N) is 1. The van der Waals surface area contributed by atoms with Crippen LogP contribution in [0.4, 0.5) is 5.69 Å². The third-order valence-corrected chi connectivity index (χ3v) is 4.05. The molecule has 0 bridgehead atoms. The van der Waals surface area contributed by atoms with E-state index in [1.54, 1.807) is 23.5 Å². The predicted octanol–water partition coefficient (Wildman–Crippen LogP) is 2.42. The summed E-state index contributed by atoms with van der Waals surface area (Å²) in [5.74, 6) is -0.203. The Hall–Kier alpha value is -1.40. The van der Waals surface area contributed by atoms with Crippen molar-refractivity contribution in [3.05, 3.63) is 44.8 Å². The Morgan fingerprint density at radius 1 is 1.47 bits per heavy atom. The standard InChI is InChI=1S/C11H10BrN3OS/c12-8-3-4-17-10(8)6-15-11(16)9-2-1-7(13)5-14-9/h1-5H,6,13H2,(H,15,16). The Morgan fingerprint density at radius 3 is 2.88 bits per heavy atom. The van der Waals surface area contributed by atoms with Gasteiger partial charge in [-0.1, -0.05) is 0 Å². The Kier molecular flexibility index (Phi) is 3.75. The molecule has 0 fully saturated rings. The highest BCUT2D eigenvalue weighted by Gasteiger charge is 2.08. The quantitative estimate of drug-likeness (QED) is 0.914. The van der Waals surface area contributed by atoms with E-state index in [4.69, 9.17) is 5.73 Å². The van der Waals surface area contributed by atoms with Crippen molar-refractivity contribution in [1.82, 2.24) is 10.3 Å². The molecular weight excluding hydrogens is 302 g/mol. The summed E-state index contributed by atoms with van der Waals surface area (Å²) in [6, 6.07) is 5.21. The van der Waals surface area contributed by atoms with Crippen LogP contribution < -0.4 is 11.1 Å². The Labute approximate surface area is 111 Å². The number of nitrogens with two attached hydrogens (primary N) is 1. The SMILES string of the molecule is Nc1ccc(C(=O)NCc2sccc2Br)nc1. The van der Waals surface area contributed by atoms with E-state index >= 15 is 0 Å². The van der Waals surface area contributed by atoms with Gasteiger partial charge >= 0.3 is 0 Å². The molecule has 2 rings (SSSR count). The van der Waals surface area contributed by atoms with Crippen LogP contribution in [0.3, 0.4) is 0 Å². The van der Waals surface area contributed by atoms with Gasteiger partial charge in [-0.05, 0) is 39.5 Å². The lowest BCUT2D eigenvalue weighted by molar-refractivity contribution is 0.0946. The van der Waals surface area contributed by atoms with E-state index in [0.717, 1.165) is 9.35 Å². The Morgan fingerprint density at radius 2 is 2.29 bits per heavy atom. The number of thiophene rings is 1. The van der Waals surface area contributed by atoms with Crippen LogP contribution in [0.5, 0.6) is 0 Å². The van der Waals surface area contributed by atoms with Crippen molar-refractivity contribution in [2.45, 2.75) is 6.54 Å². The van der Waals surface area contributed by atoms with Crippen molar-refractivity contribution >= 4 is 38.9 Å². The molecule has 0 aliphatic heterocycles. The molecule has 0 atom stereocenters. The minimum absolute atomic E-state index is 0.203. The highest BCUT2D eigenvalue weighted by atomic mass is 79.9. The largest absolute Gasteiger partial charge is 0.397 e. The molecule has 0 saturated heterocycles. The third kappa shape index (κ3) is 3.04. The van der Waals surface area contributed by atoms with Crippen LogP contribution in [0, 0.1) is 0 Å². The van der Waals surface area contributed by atoms with Gasteiger partial charge in [0, 0.05) is 9.35 Å². The maximum atomic E-state index is 11.7. The smallest absolute Gasteiger partial charge is 0.270 e. The molecule has 3 N–H and O–H groups in total. The van der Waals surface area contributed by atoms with E-state index in [1.165, 1.54) is 6.20 Å². The van der Waals surface area contributed by atoms with Crippen molar-refractivity contribution < 1.29 is 4.79 Å². The number of aromatic nitrogens is 1. The van der Waals surface area contributed by atoms with Crippen LogP contribution in [0.1, 0.15) is 15.4 Å². The first kappa shape index (κ1) is 12.1. The number of pyridine rings is 1. The molecule has 0 aromatic carbocycles. The number of rotatable bonds is 3. The molecule has 0 spiro atoms. The predicted molar refractivity (Wildman–Crippen MR) is 71.8 cm³/mol. The Balaban J connectivity index is 1.98. The van der Waals surface area contributed by atoms with E-state index in [2.05, 4.69) is 26.2 Å². The number of nitrogens with zero attached hydrogens (tertiary/aromatic N) is 1. The topological polar surface area (TPSA) is 68.0 Å². The van der Waals surface area contributed by atoms with Crippen molar-refractivity contribution in [2.24, 2.45) is 0 Å². The van der Waals surface area contributed by atoms with E-state index < -0.39 is 0 Å². The molecular formula is C11H10BrN3OS. The summed E-state index contributed by atoms with van der Waals surface area (Å²) in [5.41, 5.74) is 6.41. The number of halogens is 1. The van der Waals surface area contributed by atoms with Crippen molar-refractivity contribution in [3.8, 4) is 0 Å². The molecule has 0 unspecified atom stereocenters. The van der Waals surface area contributed by atoms with E-state index in [1.807, 2.05) is 11.4 Å². The fourth-order valence-electron chi connectivity index (χ4n) is 1.24. The first-order valence-corrected chi connectivity index (χ1v) is 6.55. The summed E-state index contributed by atoms with van der Waals surface area (Å²) >= 11 is 5.00. The molecule has 2 aromatic heterocycles. The first-order chi connectivity index (χ1) is 8.16. The van der Waals surface area contributed by atoms with E-state index in [0.29, 0.717) is 17.9 Å². The van der Waals surface area contributed by atoms with Crippen LogP contribution in [-0.2, 0) is 6.54 Å². The van der Waals surface area contributed by atoms with Crippen LogP contribution in [-0.4, -0.2) is 10.9 Å². The van der Waals surface area contributed by atoms with Crippen LogP contribution in [0.2, 0.25) is 0 Å². The van der Waals surface area contributed by atoms with Gasteiger partial charge < -0.3 is 11.1 Å². The van der Waals surface area contributed by atoms with E-state index in [-0.39, 0.29) is 5.91 Å². The highest BCUT2D eigenvalue weighted by Crippen LogP contribution is 2.22. The molecule has 0 radical (unpaired) electrons. The maximum absolute atomic E-state index is 11.7. The highest BCUT2D eigenvalue weighted by molar-refractivity contribution is 9.10. The monoisotopic (exact) mass is 311 g/mol. The minimum atomic E-state index is -0.203. The molecule has 0 aliphatic carbocycles. The number of anilines is 1. The normalized spacial score (nSPS) is 10.2. The molecule has 1 amide bonds. The van der Waals surface area contributed by atoms with Crippen molar-refractivity contribution in [1.29, 1.82) is 0 Å². The zero-order valence-corrected chi connectivity index (χ0v) is 11.2.